The smallest absolute Gasteiger partial charge is 0.328 e. The molecule has 7 heteroatoms. The van der Waals surface area contributed by atoms with Gasteiger partial charge in [-0.3, -0.25) is 4.98 Å². The van der Waals surface area contributed by atoms with Crippen LogP contribution < -0.4 is 10.1 Å². The predicted octanol–water partition coefficient (Wildman–Crippen LogP) is 4.43. The molecular weight excluding hydrogens is 442 g/mol. The van der Waals surface area contributed by atoms with E-state index in [0.717, 1.165) is 42.7 Å². The zero-order chi connectivity index (χ0) is 25.2. The molecule has 1 aliphatic rings. The van der Waals surface area contributed by atoms with Gasteiger partial charge in [-0.15, -0.1) is 0 Å². The van der Waals surface area contributed by atoms with E-state index in [9.17, 15) is 9.59 Å². The number of nitrogens with zero attached hydrogens (tertiary/aromatic N) is 2. The highest BCUT2D eigenvalue weighted by Crippen LogP contribution is 2.24. The Morgan fingerprint density at radius 3 is 2.34 bits per heavy atom. The first-order valence-electron chi connectivity index (χ1n) is 12.7. The van der Waals surface area contributed by atoms with E-state index in [1.54, 1.807) is 4.90 Å². The average Bonchev–Trinajstić information content (AvgIpc) is 2.89. The number of aryl methyl sites for hydroxylation is 1. The highest BCUT2D eigenvalue weighted by atomic mass is 16.5. The Morgan fingerprint density at radius 1 is 1.09 bits per heavy atom. The third-order valence-electron chi connectivity index (χ3n) is 6.84. The van der Waals surface area contributed by atoms with Gasteiger partial charge in [-0.1, -0.05) is 39.0 Å². The number of carbonyl (C=O) groups is 2. The molecule has 1 atom stereocenters. The Hall–Kier alpha value is -3.09. The van der Waals surface area contributed by atoms with Gasteiger partial charge in [0, 0.05) is 37.8 Å². The van der Waals surface area contributed by atoms with E-state index < -0.39 is 12.0 Å². The van der Waals surface area contributed by atoms with Crippen LogP contribution in [0.4, 0.5) is 4.79 Å². The number of esters is 1. The van der Waals surface area contributed by atoms with Crippen LogP contribution in [-0.2, 0) is 28.8 Å². The number of rotatable bonds is 10. The number of urea groups is 1. The van der Waals surface area contributed by atoms with Gasteiger partial charge in [-0.05, 0) is 60.4 Å². The van der Waals surface area contributed by atoms with Crippen molar-refractivity contribution in [2.24, 2.45) is 11.8 Å². The number of likely N-dealkylation sites (tertiary alicyclic amines) is 1. The average molecular weight is 482 g/mol. The van der Waals surface area contributed by atoms with E-state index in [0.29, 0.717) is 38.0 Å². The van der Waals surface area contributed by atoms with Gasteiger partial charge in [-0.2, -0.15) is 0 Å². The molecule has 7 nitrogen and oxygen atoms in total. The molecule has 0 radical (unpaired) electrons. The Balaban J connectivity index is 1.50. The summed E-state index contributed by atoms with van der Waals surface area (Å²) < 4.78 is 10.8. The Labute approximate surface area is 209 Å². The number of pyridine rings is 1. The van der Waals surface area contributed by atoms with Crippen molar-refractivity contribution in [3.05, 3.63) is 59.4 Å². The number of carbonyl (C=O) groups excluding carboxylic acids is 2. The molecule has 0 aliphatic carbocycles. The number of ether oxygens (including phenoxy) is 2. The summed E-state index contributed by atoms with van der Waals surface area (Å²) in [7, 11) is 1.34. The summed E-state index contributed by atoms with van der Waals surface area (Å²) in [6.45, 7) is 8.53. The van der Waals surface area contributed by atoms with Crippen molar-refractivity contribution in [3.8, 4) is 5.75 Å². The molecule has 0 saturated carbocycles. The molecule has 1 saturated heterocycles. The van der Waals surface area contributed by atoms with Gasteiger partial charge >= 0.3 is 12.0 Å². The molecule has 3 rings (SSSR count). The number of aromatic nitrogens is 1. The molecule has 1 fully saturated rings. The summed E-state index contributed by atoms with van der Waals surface area (Å²) in [6, 6.07) is 10.8. The van der Waals surface area contributed by atoms with Gasteiger partial charge in [-0.25, -0.2) is 9.59 Å². The summed E-state index contributed by atoms with van der Waals surface area (Å²) in [5.41, 5.74) is 3.15. The van der Waals surface area contributed by atoms with Crippen LogP contribution in [0.3, 0.4) is 0 Å². The number of hydrogen-bond donors (Lipinski definition) is 1. The quantitative estimate of drug-likeness (QED) is 0.508. The number of nitrogens with one attached hydrogen (secondary N) is 1. The maximum Gasteiger partial charge on any atom is 0.328 e. The number of hydrogen-bond acceptors (Lipinski definition) is 5. The molecule has 1 unspecified atom stereocenters. The van der Waals surface area contributed by atoms with E-state index in [4.69, 9.17) is 9.47 Å². The maximum atomic E-state index is 12.8. The predicted molar refractivity (Wildman–Crippen MR) is 136 cm³/mol. The second kappa shape index (κ2) is 13.1. The fourth-order valence-electron chi connectivity index (χ4n) is 4.39. The van der Waals surface area contributed by atoms with Crippen molar-refractivity contribution in [2.75, 3.05) is 26.8 Å². The monoisotopic (exact) mass is 481 g/mol. The first-order chi connectivity index (χ1) is 16.9. The number of amides is 2. The van der Waals surface area contributed by atoms with Crippen LogP contribution in [0.25, 0.3) is 0 Å². The first kappa shape index (κ1) is 26.5. The minimum atomic E-state index is -0.737. The molecule has 1 aliphatic heterocycles. The molecule has 1 aromatic carbocycles. The molecule has 0 bridgehead atoms. The van der Waals surface area contributed by atoms with Crippen molar-refractivity contribution < 1.29 is 19.1 Å². The lowest BCUT2D eigenvalue weighted by Gasteiger charge is -2.34. The van der Waals surface area contributed by atoms with Crippen LogP contribution in [-0.4, -0.2) is 54.7 Å². The van der Waals surface area contributed by atoms with Gasteiger partial charge in [0.05, 0.1) is 13.7 Å². The van der Waals surface area contributed by atoms with E-state index >= 15 is 0 Å². The molecule has 2 amide bonds. The second-order valence-corrected chi connectivity index (χ2v) is 9.55. The second-order valence-electron chi connectivity index (χ2n) is 9.55. The van der Waals surface area contributed by atoms with Gasteiger partial charge in [0.1, 0.15) is 11.8 Å². The maximum absolute atomic E-state index is 12.8. The summed E-state index contributed by atoms with van der Waals surface area (Å²) in [4.78, 5) is 31.4. The topological polar surface area (TPSA) is 80.8 Å². The molecule has 190 valence electrons. The number of benzene rings is 1. The molecule has 1 N–H and O–H groups in total. The first-order valence-corrected chi connectivity index (χ1v) is 12.7. The minimum absolute atomic E-state index is 0.205. The molecule has 35 heavy (non-hydrogen) atoms. The Morgan fingerprint density at radius 2 is 1.77 bits per heavy atom. The molecule has 1 aromatic heterocycles. The molecule has 2 aromatic rings. The van der Waals surface area contributed by atoms with E-state index in [1.807, 2.05) is 36.5 Å². The summed E-state index contributed by atoms with van der Waals surface area (Å²) in [5.74, 6) is 1.58. The van der Waals surface area contributed by atoms with E-state index in [2.05, 4.69) is 37.1 Å². The largest absolute Gasteiger partial charge is 0.493 e. The van der Waals surface area contributed by atoms with Crippen molar-refractivity contribution >= 4 is 12.0 Å². The third-order valence-corrected chi connectivity index (χ3v) is 6.84. The van der Waals surface area contributed by atoms with E-state index in [1.165, 1.54) is 12.7 Å². The van der Waals surface area contributed by atoms with Crippen molar-refractivity contribution in [1.82, 2.24) is 15.2 Å². The van der Waals surface area contributed by atoms with Gasteiger partial charge in [0.25, 0.3) is 0 Å². The van der Waals surface area contributed by atoms with Gasteiger partial charge in [0.15, 0.2) is 0 Å². The van der Waals surface area contributed by atoms with Gasteiger partial charge < -0.3 is 19.7 Å². The lowest BCUT2D eigenvalue weighted by Crippen LogP contribution is -2.51. The standard InChI is InChI=1S/C28H39N3O4/c1-5-21-6-9-24(29-19-21)14-17-35-25-10-7-22(8-11-25)18-26(27(32)34-4)30-28(33)31-15-12-23(13-16-31)20(2)3/h6-11,19-20,23,26H,5,12-18H2,1-4H3,(H,30,33). The van der Waals surface area contributed by atoms with Crippen LogP contribution in [0, 0.1) is 11.8 Å². The number of methoxy groups -OCH3 is 1. The van der Waals surface area contributed by atoms with Crippen LogP contribution >= 0.6 is 0 Å². The normalized spacial score (nSPS) is 15.1. The van der Waals surface area contributed by atoms with E-state index in [-0.39, 0.29) is 6.03 Å². The fraction of sp³-hybridized carbons (Fsp3) is 0.536. The fourth-order valence-corrected chi connectivity index (χ4v) is 4.39. The van der Waals surface area contributed by atoms with Crippen LogP contribution in [0.2, 0.25) is 0 Å². The lowest BCUT2D eigenvalue weighted by molar-refractivity contribution is -0.142. The summed E-state index contributed by atoms with van der Waals surface area (Å²) in [5, 5.41) is 2.88. The molecular formula is C28H39N3O4. The Bertz CT molecular complexity index is 936. The molecule has 2 heterocycles. The van der Waals surface area contributed by atoms with Crippen molar-refractivity contribution in [1.29, 1.82) is 0 Å². The highest BCUT2D eigenvalue weighted by molar-refractivity contribution is 5.83. The van der Waals surface area contributed by atoms with Crippen molar-refractivity contribution in [3.63, 3.8) is 0 Å². The summed E-state index contributed by atoms with van der Waals surface area (Å²) >= 11 is 0. The highest BCUT2D eigenvalue weighted by Gasteiger charge is 2.28. The van der Waals surface area contributed by atoms with Crippen molar-refractivity contribution in [2.45, 2.75) is 58.9 Å². The number of piperidine rings is 1. The lowest BCUT2D eigenvalue weighted by atomic mass is 9.87. The van der Waals surface area contributed by atoms with Crippen LogP contribution in [0.15, 0.2) is 42.6 Å². The van der Waals surface area contributed by atoms with Gasteiger partial charge in [0.2, 0.25) is 0 Å². The van der Waals surface area contributed by atoms with Crippen LogP contribution in [0.5, 0.6) is 5.75 Å². The zero-order valence-electron chi connectivity index (χ0n) is 21.5. The minimum Gasteiger partial charge on any atom is -0.493 e. The Kier molecular flexibility index (Phi) is 9.94. The SMILES string of the molecule is CCc1ccc(CCOc2ccc(CC(NC(=O)N3CCC(C(C)C)CC3)C(=O)OC)cc2)nc1. The summed E-state index contributed by atoms with van der Waals surface area (Å²) in [6.07, 6.45) is 5.97. The van der Waals surface area contributed by atoms with Crippen LogP contribution in [0.1, 0.15) is 50.4 Å². The third kappa shape index (κ3) is 7.98. The molecule has 0 spiro atoms. The zero-order valence-corrected chi connectivity index (χ0v) is 21.5.